The van der Waals surface area contributed by atoms with Gasteiger partial charge in [-0.3, -0.25) is 9.59 Å². The first-order valence-electron chi connectivity index (χ1n) is 10.5. The fourth-order valence-electron chi connectivity index (χ4n) is 4.39. The van der Waals surface area contributed by atoms with E-state index in [1.807, 2.05) is 0 Å². The van der Waals surface area contributed by atoms with Crippen molar-refractivity contribution in [2.45, 2.75) is 52.5 Å². The maximum atomic E-state index is 13.2. The summed E-state index contributed by atoms with van der Waals surface area (Å²) < 4.78 is 28.8. The Kier molecular flexibility index (Phi) is 5.76. The van der Waals surface area contributed by atoms with E-state index in [1.165, 1.54) is 17.6 Å². The Balaban J connectivity index is 1.64. The second-order valence-electron chi connectivity index (χ2n) is 9.52. The molecule has 2 aromatic rings. The van der Waals surface area contributed by atoms with Gasteiger partial charge in [0.05, 0.1) is 23.3 Å². The third-order valence-corrected chi connectivity index (χ3v) is 9.19. The SMILES string of the molecule is CC(C)(C)[C@H]1CCc2c(sc(NC(=O)c3ccco3)c2C(=O)N[C@H]2CCS(=O)(=O)C2)C1. The lowest BCUT2D eigenvalue weighted by Crippen LogP contribution is -2.36. The van der Waals surface area contributed by atoms with Gasteiger partial charge < -0.3 is 15.1 Å². The van der Waals surface area contributed by atoms with E-state index in [2.05, 4.69) is 31.4 Å². The Labute approximate surface area is 186 Å². The molecule has 1 aliphatic carbocycles. The van der Waals surface area contributed by atoms with Gasteiger partial charge in [-0.05, 0) is 54.7 Å². The summed E-state index contributed by atoms with van der Waals surface area (Å²) in [6, 6.07) is 2.81. The van der Waals surface area contributed by atoms with Crippen LogP contribution in [0.15, 0.2) is 22.8 Å². The van der Waals surface area contributed by atoms with Crippen molar-refractivity contribution in [3.63, 3.8) is 0 Å². The van der Waals surface area contributed by atoms with Crippen molar-refractivity contribution in [1.82, 2.24) is 5.32 Å². The topological polar surface area (TPSA) is 105 Å². The minimum Gasteiger partial charge on any atom is -0.459 e. The van der Waals surface area contributed by atoms with E-state index in [-0.39, 0.29) is 28.6 Å². The van der Waals surface area contributed by atoms with Gasteiger partial charge in [0.2, 0.25) is 0 Å². The zero-order valence-corrected chi connectivity index (χ0v) is 19.6. The summed E-state index contributed by atoms with van der Waals surface area (Å²) in [6.45, 7) is 6.68. The van der Waals surface area contributed by atoms with Gasteiger partial charge in [0.15, 0.2) is 15.6 Å². The highest BCUT2D eigenvalue weighted by Crippen LogP contribution is 2.44. The predicted molar refractivity (Wildman–Crippen MR) is 120 cm³/mol. The van der Waals surface area contributed by atoms with Crippen LogP contribution in [0.1, 0.15) is 65.0 Å². The van der Waals surface area contributed by atoms with E-state index in [1.54, 1.807) is 12.1 Å². The van der Waals surface area contributed by atoms with E-state index >= 15 is 0 Å². The first-order chi connectivity index (χ1) is 14.5. The van der Waals surface area contributed by atoms with Crippen molar-refractivity contribution < 1.29 is 22.4 Å². The molecule has 0 unspecified atom stereocenters. The van der Waals surface area contributed by atoms with Crippen molar-refractivity contribution in [1.29, 1.82) is 0 Å². The molecule has 9 heteroatoms. The minimum atomic E-state index is -3.10. The van der Waals surface area contributed by atoms with Crippen LogP contribution in [-0.2, 0) is 22.7 Å². The van der Waals surface area contributed by atoms with Crippen molar-refractivity contribution in [2.24, 2.45) is 11.3 Å². The highest BCUT2D eigenvalue weighted by Gasteiger charge is 2.36. The van der Waals surface area contributed by atoms with Gasteiger partial charge in [-0.2, -0.15) is 0 Å². The molecule has 2 amide bonds. The molecular weight excluding hydrogens is 436 g/mol. The fourth-order valence-corrected chi connectivity index (χ4v) is 7.39. The molecule has 0 radical (unpaired) electrons. The standard InChI is InChI=1S/C22H28N2O5S2/c1-22(2,3)13-6-7-15-17(11-13)30-21(24-19(25)16-5-4-9-29-16)18(15)20(26)23-14-8-10-31(27,28)12-14/h4-5,9,13-14H,6-8,10-12H2,1-3H3,(H,23,26)(H,24,25)/t13-,14-/m0/s1. The lowest BCUT2D eigenvalue weighted by atomic mass is 9.72. The third-order valence-electron chi connectivity index (χ3n) is 6.26. The van der Waals surface area contributed by atoms with E-state index < -0.39 is 21.8 Å². The summed E-state index contributed by atoms with van der Waals surface area (Å²) >= 11 is 1.44. The molecule has 7 nitrogen and oxygen atoms in total. The molecule has 168 valence electrons. The van der Waals surface area contributed by atoms with E-state index in [4.69, 9.17) is 4.42 Å². The molecule has 2 N–H and O–H groups in total. The van der Waals surface area contributed by atoms with Gasteiger partial charge in [-0.25, -0.2) is 8.42 Å². The number of amides is 2. The van der Waals surface area contributed by atoms with Crippen LogP contribution in [0.5, 0.6) is 0 Å². The van der Waals surface area contributed by atoms with Crippen molar-refractivity contribution >= 4 is 38.0 Å². The number of carbonyl (C=O) groups excluding carboxylic acids is 2. The zero-order chi connectivity index (χ0) is 22.4. The van der Waals surface area contributed by atoms with Crippen molar-refractivity contribution in [2.75, 3.05) is 16.8 Å². The predicted octanol–water partition coefficient (Wildman–Crippen LogP) is 3.66. The second-order valence-corrected chi connectivity index (χ2v) is 12.9. The van der Waals surface area contributed by atoms with Gasteiger partial charge in [0.1, 0.15) is 5.00 Å². The first-order valence-corrected chi connectivity index (χ1v) is 13.2. The number of hydrogen-bond acceptors (Lipinski definition) is 6. The van der Waals surface area contributed by atoms with Crippen LogP contribution in [0, 0.1) is 11.3 Å². The average Bonchev–Trinajstić information content (AvgIpc) is 3.38. The number of rotatable bonds is 4. The first kappa shape index (κ1) is 22.1. The molecular formula is C22H28N2O5S2. The van der Waals surface area contributed by atoms with Crippen LogP contribution in [0.3, 0.4) is 0 Å². The summed E-state index contributed by atoms with van der Waals surface area (Å²) in [5, 5.41) is 6.24. The van der Waals surface area contributed by atoms with Gasteiger partial charge in [-0.15, -0.1) is 11.3 Å². The van der Waals surface area contributed by atoms with E-state index in [9.17, 15) is 18.0 Å². The third kappa shape index (κ3) is 4.72. The molecule has 2 aromatic heterocycles. The van der Waals surface area contributed by atoms with Gasteiger partial charge in [0, 0.05) is 10.9 Å². The highest BCUT2D eigenvalue weighted by molar-refractivity contribution is 7.91. The summed E-state index contributed by atoms with van der Waals surface area (Å²) in [5.41, 5.74) is 1.59. The average molecular weight is 465 g/mol. The van der Waals surface area contributed by atoms with Gasteiger partial charge >= 0.3 is 0 Å². The molecule has 0 spiro atoms. The molecule has 0 bridgehead atoms. The van der Waals surface area contributed by atoms with E-state index in [0.717, 1.165) is 29.7 Å². The number of anilines is 1. The quantitative estimate of drug-likeness (QED) is 0.718. The summed E-state index contributed by atoms with van der Waals surface area (Å²) in [6.07, 6.45) is 4.43. The van der Waals surface area contributed by atoms with E-state index in [0.29, 0.717) is 22.9 Å². The normalized spacial score (nSPS) is 22.7. The number of thiophene rings is 1. The van der Waals surface area contributed by atoms with Crippen LogP contribution < -0.4 is 10.6 Å². The Hall–Kier alpha value is -2.13. The van der Waals surface area contributed by atoms with Gasteiger partial charge in [0.25, 0.3) is 11.8 Å². The molecule has 2 aliphatic rings. The molecule has 1 aliphatic heterocycles. The lowest BCUT2D eigenvalue weighted by molar-refractivity contribution is 0.0941. The fraction of sp³-hybridized carbons (Fsp3) is 0.545. The van der Waals surface area contributed by atoms with Gasteiger partial charge in [-0.1, -0.05) is 20.8 Å². The molecule has 0 saturated carbocycles. The molecule has 31 heavy (non-hydrogen) atoms. The minimum absolute atomic E-state index is 0.0365. The molecule has 0 aromatic carbocycles. The lowest BCUT2D eigenvalue weighted by Gasteiger charge is -2.33. The molecule has 1 saturated heterocycles. The maximum Gasteiger partial charge on any atom is 0.291 e. The summed E-state index contributed by atoms with van der Waals surface area (Å²) in [4.78, 5) is 27.0. The molecule has 3 heterocycles. The van der Waals surface area contributed by atoms with Crippen molar-refractivity contribution in [3.05, 3.63) is 40.2 Å². The maximum absolute atomic E-state index is 13.2. The Morgan fingerprint density at radius 2 is 1.97 bits per heavy atom. The van der Waals surface area contributed by atoms with Crippen LogP contribution >= 0.6 is 11.3 Å². The highest BCUT2D eigenvalue weighted by atomic mass is 32.2. The monoisotopic (exact) mass is 464 g/mol. The number of hydrogen-bond donors (Lipinski definition) is 2. The molecule has 1 fully saturated rings. The second kappa shape index (κ2) is 8.09. The number of fused-ring (bicyclic) bond motifs is 1. The summed E-state index contributed by atoms with van der Waals surface area (Å²) in [7, 11) is -3.10. The molecule has 4 rings (SSSR count). The number of carbonyl (C=O) groups is 2. The van der Waals surface area contributed by atoms with Crippen LogP contribution in [0.25, 0.3) is 0 Å². The summed E-state index contributed by atoms with van der Waals surface area (Å²) in [5.74, 6) is -0.00678. The smallest absolute Gasteiger partial charge is 0.291 e. The zero-order valence-electron chi connectivity index (χ0n) is 18.0. The van der Waals surface area contributed by atoms with Crippen LogP contribution in [0.2, 0.25) is 0 Å². The molecule has 2 atom stereocenters. The van der Waals surface area contributed by atoms with Crippen LogP contribution in [0.4, 0.5) is 5.00 Å². The van der Waals surface area contributed by atoms with Crippen LogP contribution in [-0.4, -0.2) is 37.8 Å². The van der Waals surface area contributed by atoms with Crippen molar-refractivity contribution in [3.8, 4) is 0 Å². The number of sulfone groups is 1. The number of furan rings is 1. The Morgan fingerprint density at radius 1 is 1.19 bits per heavy atom. The Morgan fingerprint density at radius 3 is 2.58 bits per heavy atom. The number of nitrogens with one attached hydrogen (secondary N) is 2. The Bertz CT molecular complexity index is 1090. The largest absolute Gasteiger partial charge is 0.459 e.